The van der Waals surface area contributed by atoms with Crippen molar-refractivity contribution in [1.29, 1.82) is 0 Å². The van der Waals surface area contributed by atoms with Crippen LogP contribution in [0.4, 0.5) is 0 Å². The molecule has 2 N–H and O–H groups in total. The average Bonchev–Trinajstić information content (AvgIpc) is 2.43. The van der Waals surface area contributed by atoms with Gasteiger partial charge in [-0.1, -0.05) is 42.5 Å². The van der Waals surface area contributed by atoms with Crippen molar-refractivity contribution in [1.82, 2.24) is 9.97 Å². The van der Waals surface area contributed by atoms with Crippen LogP contribution in [0.3, 0.4) is 0 Å². The fourth-order valence-corrected chi connectivity index (χ4v) is 2.19. The number of aromatic nitrogens is 2. The summed E-state index contributed by atoms with van der Waals surface area (Å²) < 4.78 is 0.0384. The van der Waals surface area contributed by atoms with E-state index in [4.69, 9.17) is 0 Å². The Morgan fingerprint density at radius 1 is 1.11 bits per heavy atom. The molecule has 0 aliphatic carbocycles. The second-order valence-corrected chi connectivity index (χ2v) is 4.87. The number of benzene rings is 2. The van der Waals surface area contributed by atoms with Gasteiger partial charge >= 0.3 is 0 Å². The molecule has 1 heterocycles. The Kier molecular flexibility index (Phi) is 2.83. The second kappa shape index (κ2) is 4.51. The topological polar surface area (TPSA) is 66.0 Å². The maximum atomic E-state index is 11.7. The zero-order valence-electron chi connectivity index (χ0n) is 9.72. The first kappa shape index (κ1) is 11.9. The molecule has 19 heavy (non-hydrogen) atoms. The molecule has 0 fully saturated rings. The number of H-pyrrole nitrogens is 1. The highest BCUT2D eigenvalue weighted by Gasteiger charge is 2.11. The Hall–Kier alpha value is -2.14. The van der Waals surface area contributed by atoms with Crippen LogP contribution >= 0.6 is 15.9 Å². The third-order valence-electron chi connectivity index (χ3n) is 2.89. The third kappa shape index (κ3) is 2.02. The molecule has 0 spiro atoms. The maximum absolute atomic E-state index is 11.7. The summed E-state index contributed by atoms with van der Waals surface area (Å²) in [7, 11) is 0. The van der Waals surface area contributed by atoms with Gasteiger partial charge < -0.3 is 10.1 Å². The number of nitrogens with zero attached hydrogens (tertiary/aromatic N) is 1. The minimum absolute atomic E-state index is 0.0384. The lowest BCUT2D eigenvalue weighted by molar-refractivity contribution is 0.448. The van der Waals surface area contributed by atoms with Crippen molar-refractivity contribution in [3.63, 3.8) is 0 Å². The molecule has 0 aliphatic heterocycles. The molecule has 1 aromatic heterocycles. The van der Waals surface area contributed by atoms with E-state index in [1.54, 1.807) is 0 Å². The van der Waals surface area contributed by atoms with E-state index >= 15 is 0 Å². The van der Waals surface area contributed by atoms with Crippen LogP contribution in [0.2, 0.25) is 0 Å². The highest BCUT2D eigenvalue weighted by atomic mass is 79.9. The molecule has 0 radical (unpaired) electrons. The largest absolute Gasteiger partial charge is 0.492 e. The Morgan fingerprint density at radius 2 is 1.84 bits per heavy atom. The van der Waals surface area contributed by atoms with Gasteiger partial charge in [-0.2, -0.15) is 4.98 Å². The number of fused-ring (bicyclic) bond motifs is 1. The molecule has 0 unspecified atom stereocenters. The SMILES string of the molecule is O=c1[nH]c(-c2cccc3ccccc23)nc(O)c1Br. The van der Waals surface area contributed by atoms with Crippen LogP contribution in [-0.4, -0.2) is 15.1 Å². The smallest absolute Gasteiger partial charge is 0.269 e. The fraction of sp³-hybridized carbons (Fsp3) is 0. The number of aromatic amines is 1. The summed E-state index contributed by atoms with van der Waals surface area (Å²) in [6, 6.07) is 13.5. The molecular weight excluding hydrogens is 308 g/mol. The minimum atomic E-state index is -0.407. The van der Waals surface area contributed by atoms with Crippen LogP contribution in [0, 0.1) is 0 Å². The van der Waals surface area contributed by atoms with Gasteiger partial charge in [-0.25, -0.2) is 0 Å². The van der Waals surface area contributed by atoms with Crippen molar-refractivity contribution < 1.29 is 5.11 Å². The standard InChI is InChI=1S/C14H9BrN2O2/c15-11-13(18)16-12(17-14(11)19)10-7-3-5-8-4-1-2-6-9(8)10/h1-7H,(H2,16,17,18,19). The van der Waals surface area contributed by atoms with Crippen molar-refractivity contribution in [2.45, 2.75) is 0 Å². The molecule has 0 amide bonds. The number of hydrogen-bond donors (Lipinski definition) is 2. The van der Waals surface area contributed by atoms with Gasteiger partial charge in [0.05, 0.1) is 0 Å². The van der Waals surface area contributed by atoms with Crippen molar-refractivity contribution in [2.75, 3.05) is 0 Å². The van der Waals surface area contributed by atoms with Gasteiger partial charge in [0.1, 0.15) is 10.3 Å². The first-order valence-corrected chi connectivity index (χ1v) is 6.43. The van der Waals surface area contributed by atoms with E-state index in [0.717, 1.165) is 16.3 Å². The average molecular weight is 317 g/mol. The molecule has 0 saturated heterocycles. The van der Waals surface area contributed by atoms with Gasteiger partial charge in [0.15, 0.2) is 0 Å². The summed E-state index contributed by atoms with van der Waals surface area (Å²) in [5.41, 5.74) is 0.369. The van der Waals surface area contributed by atoms with E-state index < -0.39 is 5.56 Å². The molecule has 3 aromatic rings. The predicted molar refractivity (Wildman–Crippen MR) is 77.2 cm³/mol. The summed E-state index contributed by atoms with van der Waals surface area (Å²) in [6.45, 7) is 0. The summed E-state index contributed by atoms with van der Waals surface area (Å²) in [5.74, 6) is 0.0363. The van der Waals surface area contributed by atoms with Crippen molar-refractivity contribution in [3.8, 4) is 17.3 Å². The maximum Gasteiger partial charge on any atom is 0.269 e. The van der Waals surface area contributed by atoms with E-state index in [9.17, 15) is 9.90 Å². The minimum Gasteiger partial charge on any atom is -0.492 e. The Balaban J connectivity index is 2.34. The third-order valence-corrected chi connectivity index (χ3v) is 3.60. The van der Waals surface area contributed by atoms with Gasteiger partial charge in [0.2, 0.25) is 5.88 Å². The number of halogens is 1. The highest BCUT2D eigenvalue weighted by Crippen LogP contribution is 2.27. The van der Waals surface area contributed by atoms with E-state index in [-0.39, 0.29) is 10.4 Å². The van der Waals surface area contributed by atoms with Crippen LogP contribution in [-0.2, 0) is 0 Å². The van der Waals surface area contributed by atoms with Crippen LogP contribution < -0.4 is 5.56 Å². The molecule has 94 valence electrons. The normalized spacial score (nSPS) is 10.8. The van der Waals surface area contributed by atoms with Crippen LogP contribution in [0.5, 0.6) is 5.88 Å². The predicted octanol–water partition coefficient (Wildman–Crippen LogP) is 3.06. The highest BCUT2D eigenvalue weighted by molar-refractivity contribution is 9.10. The molecule has 0 saturated carbocycles. The van der Waals surface area contributed by atoms with Gasteiger partial charge in [-0.3, -0.25) is 4.79 Å². The van der Waals surface area contributed by atoms with Crippen LogP contribution in [0.15, 0.2) is 51.7 Å². The molecule has 3 rings (SSSR count). The van der Waals surface area contributed by atoms with Crippen molar-refractivity contribution in [3.05, 3.63) is 57.3 Å². The van der Waals surface area contributed by atoms with E-state index in [0.29, 0.717) is 5.82 Å². The van der Waals surface area contributed by atoms with Gasteiger partial charge in [-0.15, -0.1) is 0 Å². The zero-order chi connectivity index (χ0) is 13.4. The summed E-state index contributed by atoms with van der Waals surface area (Å²) in [5, 5.41) is 11.7. The molecule has 0 aliphatic rings. The Morgan fingerprint density at radius 3 is 2.63 bits per heavy atom. The van der Waals surface area contributed by atoms with E-state index in [1.807, 2.05) is 42.5 Å². The Bertz CT molecular complexity index is 822. The van der Waals surface area contributed by atoms with Crippen LogP contribution in [0.1, 0.15) is 0 Å². The monoisotopic (exact) mass is 316 g/mol. The molecule has 0 atom stereocenters. The van der Waals surface area contributed by atoms with Gasteiger partial charge in [-0.05, 0) is 26.7 Å². The quantitative estimate of drug-likeness (QED) is 0.725. The van der Waals surface area contributed by atoms with Crippen molar-refractivity contribution in [2.24, 2.45) is 0 Å². The lowest BCUT2D eigenvalue weighted by atomic mass is 10.0. The molecule has 2 aromatic carbocycles. The van der Waals surface area contributed by atoms with E-state index in [1.165, 1.54) is 0 Å². The zero-order valence-corrected chi connectivity index (χ0v) is 11.3. The van der Waals surface area contributed by atoms with Crippen molar-refractivity contribution >= 4 is 26.7 Å². The molecule has 4 nitrogen and oxygen atoms in total. The molecule has 0 bridgehead atoms. The fourth-order valence-electron chi connectivity index (χ4n) is 2.01. The lowest BCUT2D eigenvalue weighted by Crippen LogP contribution is -2.09. The summed E-state index contributed by atoms with van der Waals surface area (Å²) >= 11 is 2.98. The first-order chi connectivity index (χ1) is 9.16. The number of hydrogen-bond acceptors (Lipinski definition) is 3. The van der Waals surface area contributed by atoms with Gasteiger partial charge in [0, 0.05) is 5.56 Å². The number of aromatic hydroxyl groups is 1. The molecular formula is C14H9BrN2O2. The first-order valence-electron chi connectivity index (χ1n) is 5.64. The summed E-state index contributed by atoms with van der Waals surface area (Å²) in [6.07, 6.45) is 0. The lowest BCUT2D eigenvalue weighted by Gasteiger charge is -2.06. The molecule has 5 heteroatoms. The van der Waals surface area contributed by atoms with Gasteiger partial charge in [0.25, 0.3) is 5.56 Å². The van der Waals surface area contributed by atoms with Crippen LogP contribution in [0.25, 0.3) is 22.2 Å². The number of rotatable bonds is 1. The summed E-state index contributed by atoms with van der Waals surface area (Å²) in [4.78, 5) is 18.3. The van der Waals surface area contributed by atoms with E-state index in [2.05, 4.69) is 25.9 Å². The Labute approximate surface area is 116 Å². The number of nitrogens with one attached hydrogen (secondary N) is 1. The second-order valence-electron chi connectivity index (χ2n) is 4.08.